The summed E-state index contributed by atoms with van der Waals surface area (Å²) in [4.78, 5) is 28.1. The SMILES string of the molecule is CCn1c(=O)n(C2CCN(CCCCn3sc4ccc(Cl)cc4c3=O)CC2)c2ccccc21. The number of hydrogen-bond acceptors (Lipinski definition) is 4. The predicted molar refractivity (Wildman–Crippen MR) is 137 cm³/mol. The molecule has 0 unspecified atom stereocenters. The molecule has 0 N–H and O–H groups in total. The second-order valence-corrected chi connectivity index (χ2v) is 10.3. The van der Waals surface area contributed by atoms with E-state index in [9.17, 15) is 9.59 Å². The summed E-state index contributed by atoms with van der Waals surface area (Å²) >= 11 is 7.56. The topological polar surface area (TPSA) is 52.2 Å². The minimum Gasteiger partial charge on any atom is -0.303 e. The number of fused-ring (bicyclic) bond motifs is 2. The number of rotatable bonds is 7. The number of unbranched alkanes of at least 4 members (excludes halogenated alkanes) is 1. The third-order valence-electron chi connectivity index (χ3n) is 6.80. The molecule has 5 rings (SSSR count). The van der Waals surface area contributed by atoms with Crippen LogP contribution in [0.5, 0.6) is 0 Å². The van der Waals surface area contributed by atoms with Crippen LogP contribution in [0.1, 0.15) is 38.6 Å². The van der Waals surface area contributed by atoms with Crippen molar-refractivity contribution < 1.29 is 0 Å². The third-order valence-corrected chi connectivity index (χ3v) is 8.16. The Hall–Kier alpha value is -2.35. The fourth-order valence-electron chi connectivity index (χ4n) is 5.07. The van der Waals surface area contributed by atoms with E-state index in [1.54, 1.807) is 6.07 Å². The van der Waals surface area contributed by atoms with E-state index >= 15 is 0 Å². The molecule has 0 saturated carbocycles. The lowest BCUT2D eigenvalue weighted by molar-refractivity contribution is 0.183. The standard InChI is InChI=1S/C25H29ClN4O2S/c1-2-28-21-7-3-4-8-22(21)30(25(28)32)19-11-15-27(16-12-19)13-5-6-14-29-24(31)20-17-18(26)9-10-23(20)33-29/h3-4,7-10,17,19H,2,5-6,11-16H2,1H3. The van der Waals surface area contributed by atoms with Crippen molar-refractivity contribution in [2.45, 2.75) is 51.7 Å². The normalized spacial score (nSPS) is 15.7. The Morgan fingerprint density at radius 3 is 2.48 bits per heavy atom. The zero-order chi connectivity index (χ0) is 22.9. The first-order valence-corrected chi connectivity index (χ1v) is 12.9. The number of hydrogen-bond donors (Lipinski definition) is 0. The maximum atomic E-state index is 13.0. The minimum atomic E-state index is 0.0648. The molecule has 2 aromatic carbocycles. The lowest BCUT2D eigenvalue weighted by Crippen LogP contribution is -2.38. The van der Waals surface area contributed by atoms with Crippen LogP contribution in [-0.4, -0.2) is 37.6 Å². The summed E-state index contributed by atoms with van der Waals surface area (Å²) in [6.07, 6.45) is 4.02. The summed E-state index contributed by atoms with van der Waals surface area (Å²) in [5.41, 5.74) is 2.27. The van der Waals surface area contributed by atoms with Crippen LogP contribution in [0, 0.1) is 0 Å². The van der Waals surface area contributed by atoms with Crippen molar-refractivity contribution in [3.05, 3.63) is 68.3 Å². The van der Waals surface area contributed by atoms with Crippen molar-refractivity contribution in [1.82, 2.24) is 18.0 Å². The van der Waals surface area contributed by atoms with Gasteiger partial charge >= 0.3 is 5.69 Å². The van der Waals surface area contributed by atoms with Crippen molar-refractivity contribution in [2.75, 3.05) is 19.6 Å². The molecular weight excluding hydrogens is 456 g/mol. The highest BCUT2D eigenvalue weighted by atomic mass is 35.5. The van der Waals surface area contributed by atoms with E-state index in [0.717, 1.165) is 67.6 Å². The van der Waals surface area contributed by atoms with Crippen LogP contribution in [0.2, 0.25) is 5.02 Å². The van der Waals surface area contributed by atoms with E-state index in [1.807, 2.05) is 50.3 Å². The smallest absolute Gasteiger partial charge is 0.303 e. The van der Waals surface area contributed by atoms with Crippen LogP contribution in [0.15, 0.2) is 52.1 Å². The van der Waals surface area contributed by atoms with Crippen LogP contribution in [0.3, 0.4) is 0 Å². The predicted octanol–water partition coefficient (Wildman–Crippen LogP) is 4.97. The molecule has 0 bridgehead atoms. The maximum Gasteiger partial charge on any atom is 0.329 e. The molecule has 0 aliphatic carbocycles. The van der Waals surface area contributed by atoms with E-state index in [0.29, 0.717) is 17.0 Å². The fraction of sp³-hybridized carbons (Fsp3) is 0.440. The van der Waals surface area contributed by atoms with Gasteiger partial charge in [-0.25, -0.2) is 4.79 Å². The van der Waals surface area contributed by atoms with Crippen molar-refractivity contribution in [1.29, 1.82) is 0 Å². The van der Waals surface area contributed by atoms with Crippen LogP contribution >= 0.6 is 23.1 Å². The minimum absolute atomic E-state index is 0.0648. The van der Waals surface area contributed by atoms with Crippen LogP contribution in [0.25, 0.3) is 21.1 Å². The molecule has 174 valence electrons. The number of piperidine rings is 1. The second kappa shape index (κ2) is 9.49. The zero-order valence-corrected chi connectivity index (χ0v) is 20.4. The molecule has 4 aromatic rings. The number of likely N-dealkylation sites (tertiary alicyclic amines) is 1. The molecule has 0 atom stereocenters. The summed E-state index contributed by atoms with van der Waals surface area (Å²) in [6.45, 7) is 6.51. The summed E-state index contributed by atoms with van der Waals surface area (Å²) in [5.74, 6) is 0. The molecule has 1 aliphatic heterocycles. The van der Waals surface area contributed by atoms with Crippen LogP contribution in [0.4, 0.5) is 0 Å². The van der Waals surface area contributed by atoms with Gasteiger partial charge < -0.3 is 4.90 Å². The van der Waals surface area contributed by atoms with Gasteiger partial charge in [0.25, 0.3) is 5.56 Å². The van der Waals surface area contributed by atoms with Gasteiger partial charge in [-0.15, -0.1) is 0 Å². The van der Waals surface area contributed by atoms with Gasteiger partial charge in [-0.2, -0.15) is 0 Å². The summed E-state index contributed by atoms with van der Waals surface area (Å²) in [7, 11) is 0. The molecule has 1 saturated heterocycles. The second-order valence-electron chi connectivity index (χ2n) is 8.80. The quantitative estimate of drug-likeness (QED) is 0.348. The van der Waals surface area contributed by atoms with Gasteiger partial charge in [0.1, 0.15) is 0 Å². The Morgan fingerprint density at radius 1 is 1.00 bits per heavy atom. The van der Waals surface area contributed by atoms with Gasteiger partial charge in [0.2, 0.25) is 0 Å². The largest absolute Gasteiger partial charge is 0.329 e. The Balaban J connectivity index is 1.16. The first-order chi connectivity index (χ1) is 16.1. The highest BCUT2D eigenvalue weighted by molar-refractivity contribution is 7.13. The Morgan fingerprint density at radius 2 is 1.73 bits per heavy atom. The number of aromatic nitrogens is 3. The van der Waals surface area contributed by atoms with Crippen molar-refractivity contribution in [3.8, 4) is 0 Å². The fourth-order valence-corrected chi connectivity index (χ4v) is 6.26. The molecule has 1 aliphatic rings. The number of aryl methyl sites for hydroxylation is 2. The zero-order valence-electron chi connectivity index (χ0n) is 18.9. The number of nitrogens with zero attached hydrogens (tertiary/aromatic N) is 4. The van der Waals surface area contributed by atoms with E-state index in [2.05, 4.69) is 11.0 Å². The number of halogens is 1. The highest BCUT2D eigenvalue weighted by Gasteiger charge is 2.24. The molecule has 33 heavy (non-hydrogen) atoms. The number of benzene rings is 2. The first kappa shape index (κ1) is 22.4. The van der Waals surface area contributed by atoms with Crippen molar-refractivity contribution in [2.24, 2.45) is 0 Å². The lowest BCUT2D eigenvalue weighted by Gasteiger charge is -2.32. The van der Waals surface area contributed by atoms with Gasteiger partial charge in [0, 0.05) is 37.2 Å². The van der Waals surface area contributed by atoms with Crippen molar-refractivity contribution in [3.63, 3.8) is 0 Å². The van der Waals surface area contributed by atoms with E-state index in [-0.39, 0.29) is 17.3 Å². The molecular formula is C25H29ClN4O2S. The Labute approximate surface area is 201 Å². The summed E-state index contributed by atoms with van der Waals surface area (Å²) in [6, 6.07) is 13.9. The average Bonchev–Trinajstić information content (AvgIpc) is 3.30. The number of para-hydroxylation sites is 2. The van der Waals surface area contributed by atoms with Crippen molar-refractivity contribution >= 4 is 44.3 Å². The molecule has 0 spiro atoms. The van der Waals surface area contributed by atoms with Crippen LogP contribution < -0.4 is 11.2 Å². The third kappa shape index (κ3) is 4.29. The molecule has 0 radical (unpaired) electrons. The first-order valence-electron chi connectivity index (χ1n) is 11.8. The summed E-state index contributed by atoms with van der Waals surface area (Å²) in [5, 5.41) is 1.32. The van der Waals surface area contributed by atoms with Gasteiger partial charge in [0.05, 0.1) is 21.1 Å². The molecule has 0 amide bonds. The van der Waals surface area contributed by atoms with Gasteiger partial charge in [0.15, 0.2) is 0 Å². The average molecular weight is 485 g/mol. The lowest BCUT2D eigenvalue weighted by atomic mass is 10.0. The Bertz CT molecular complexity index is 1390. The number of imidazole rings is 1. The molecule has 1 fully saturated rings. The monoisotopic (exact) mass is 484 g/mol. The van der Waals surface area contributed by atoms with Crippen LogP contribution in [-0.2, 0) is 13.1 Å². The van der Waals surface area contributed by atoms with E-state index in [1.165, 1.54) is 11.5 Å². The summed E-state index contributed by atoms with van der Waals surface area (Å²) < 4.78 is 6.75. The molecule has 8 heteroatoms. The van der Waals surface area contributed by atoms with Gasteiger partial charge in [-0.1, -0.05) is 35.3 Å². The maximum absolute atomic E-state index is 13.0. The molecule has 3 heterocycles. The van der Waals surface area contributed by atoms with Gasteiger partial charge in [-0.3, -0.25) is 17.9 Å². The molecule has 6 nitrogen and oxygen atoms in total. The van der Waals surface area contributed by atoms with E-state index < -0.39 is 0 Å². The van der Waals surface area contributed by atoms with E-state index in [4.69, 9.17) is 11.6 Å². The van der Waals surface area contributed by atoms with Gasteiger partial charge in [-0.05, 0) is 69.5 Å². The highest BCUT2D eigenvalue weighted by Crippen LogP contribution is 2.26. The molecule has 2 aromatic heterocycles. The Kier molecular flexibility index (Phi) is 6.45.